The molecular formula is CH3BFIO. The lowest BCUT2D eigenvalue weighted by atomic mass is 10.1. The Morgan fingerprint density at radius 1 is 2.00 bits per heavy atom. The minimum absolute atomic E-state index is 0.652. The van der Waals surface area contributed by atoms with Crippen molar-refractivity contribution in [1.29, 1.82) is 0 Å². The third kappa shape index (κ3) is 4.68. The van der Waals surface area contributed by atoms with E-state index in [0.717, 1.165) is 0 Å². The first-order valence-corrected chi connectivity index (χ1v) is 2.40. The summed E-state index contributed by atoms with van der Waals surface area (Å²) in [4.78, 5) is 0. The van der Waals surface area contributed by atoms with Crippen LogP contribution in [0.1, 0.15) is 0 Å². The molecule has 0 aromatic rings. The van der Waals surface area contributed by atoms with Crippen molar-refractivity contribution in [1.82, 2.24) is 0 Å². The van der Waals surface area contributed by atoms with E-state index in [2.05, 4.69) is 0 Å². The van der Waals surface area contributed by atoms with Crippen LogP contribution in [0.15, 0.2) is 0 Å². The molecule has 1 nitrogen and oxygen atoms in total. The number of rotatable bonds is 1. The van der Waals surface area contributed by atoms with Crippen molar-refractivity contribution in [3.63, 3.8) is 0 Å². The first kappa shape index (κ1) is 5.68. The van der Waals surface area contributed by atoms with E-state index in [1.807, 2.05) is 0 Å². The second-order valence-electron chi connectivity index (χ2n) is 0.589. The van der Waals surface area contributed by atoms with Gasteiger partial charge < -0.3 is 5.02 Å². The fourth-order valence-corrected chi connectivity index (χ4v) is 0. The highest BCUT2D eigenvalue weighted by atomic mass is 127. The Morgan fingerprint density at radius 2 is 2.20 bits per heavy atom. The second-order valence-corrected chi connectivity index (χ2v) is 2.03. The van der Waals surface area contributed by atoms with Gasteiger partial charge in [0, 0.05) is 0 Å². The molecule has 0 rings (SSSR count). The van der Waals surface area contributed by atoms with Gasteiger partial charge in [0.05, 0.1) is 0 Å². The van der Waals surface area contributed by atoms with Crippen LogP contribution in [0.4, 0.5) is 4.39 Å². The van der Waals surface area contributed by atoms with Crippen molar-refractivity contribution < 1.29 is 9.41 Å². The van der Waals surface area contributed by atoms with Gasteiger partial charge in [-0.1, -0.05) is 0 Å². The summed E-state index contributed by atoms with van der Waals surface area (Å²) in [5.74, 6) is 0. The molecule has 0 fully saturated rings. The van der Waals surface area contributed by atoms with Crippen molar-refractivity contribution in [2.24, 2.45) is 0 Å². The van der Waals surface area contributed by atoms with Crippen LogP contribution >= 0.6 is 22.4 Å². The molecule has 1 N–H and O–H groups in total. The van der Waals surface area contributed by atoms with Crippen LogP contribution in [-0.4, -0.2) is 16.4 Å². The zero-order valence-corrected chi connectivity index (χ0v) is 4.65. The molecule has 0 aliphatic heterocycles. The van der Waals surface area contributed by atoms with Gasteiger partial charge in [0.1, 0.15) is 6.57 Å². The summed E-state index contributed by atoms with van der Waals surface area (Å²) in [5.41, 5.74) is 0. The Labute approximate surface area is 43.6 Å². The van der Waals surface area contributed by atoms with E-state index in [9.17, 15) is 4.39 Å². The van der Waals surface area contributed by atoms with Gasteiger partial charge in [-0.15, -0.1) is 22.4 Å². The number of halogens is 2. The molecule has 30 valence electrons. The number of hydrogen-bond acceptors (Lipinski definition) is 1. The Morgan fingerprint density at radius 3 is 2.20 bits per heavy atom. The first-order valence-electron chi connectivity index (χ1n) is 1.15. The molecule has 0 radical (unpaired) electrons. The topological polar surface area (TPSA) is 20.2 Å². The fraction of sp³-hybridized carbons (Fsp3) is 1.00. The lowest BCUT2D eigenvalue weighted by Crippen LogP contribution is -2.02. The molecule has 5 heavy (non-hydrogen) atoms. The molecule has 0 aliphatic rings. The molecule has 0 saturated carbocycles. The molecule has 0 saturated heterocycles. The maximum atomic E-state index is 10.9. The predicted molar refractivity (Wildman–Crippen MR) is 28.0 cm³/mol. The van der Waals surface area contributed by atoms with Crippen molar-refractivity contribution in [3.05, 3.63) is 0 Å². The average molecular weight is 188 g/mol. The Hall–Kier alpha value is 0.685. The van der Waals surface area contributed by atoms with Crippen LogP contribution in [0.5, 0.6) is 0 Å². The Kier molecular flexibility index (Phi) is 3.30. The quantitative estimate of drug-likeness (QED) is 0.466. The lowest BCUT2D eigenvalue weighted by molar-refractivity contribution is 0.520. The molecule has 0 aromatic heterocycles. The van der Waals surface area contributed by atoms with E-state index >= 15 is 0 Å². The van der Waals surface area contributed by atoms with Gasteiger partial charge in [-0.3, -0.25) is 4.39 Å². The zero-order valence-electron chi connectivity index (χ0n) is 2.49. The number of alkyl halides is 1. The van der Waals surface area contributed by atoms with E-state index in [4.69, 9.17) is 5.02 Å². The minimum atomic E-state index is -0.812. The van der Waals surface area contributed by atoms with Gasteiger partial charge in [-0.25, -0.2) is 0 Å². The highest BCUT2D eigenvalue weighted by molar-refractivity contribution is 14.1. The number of hydrogen-bond donors (Lipinski definition) is 1. The standard InChI is InChI=1S/CH3BFIO/c3-1-2(4)5/h5H,1H2. The highest BCUT2D eigenvalue weighted by Gasteiger charge is 1.99. The summed E-state index contributed by atoms with van der Waals surface area (Å²) >= 11 is 1.59. The largest absolute Gasteiger partial charge is 0.440 e. The Balaban J connectivity index is 2.54. The molecule has 0 heterocycles. The van der Waals surface area contributed by atoms with Crippen LogP contribution in [0, 0.1) is 0 Å². The maximum Gasteiger partial charge on any atom is 0.395 e. The van der Waals surface area contributed by atoms with Gasteiger partial charge in [-0.2, -0.15) is 0 Å². The first-order chi connectivity index (χ1) is 2.27. The van der Waals surface area contributed by atoms with Gasteiger partial charge in [-0.05, 0) is 0 Å². The third-order valence-electron chi connectivity index (χ3n) is 0.127. The van der Waals surface area contributed by atoms with E-state index < -0.39 is 11.3 Å². The van der Waals surface area contributed by atoms with Gasteiger partial charge >= 0.3 is 4.77 Å². The molecule has 0 unspecified atom stereocenters. The third-order valence-corrected chi connectivity index (χ3v) is 0.460. The van der Waals surface area contributed by atoms with Crippen LogP contribution in [-0.2, 0) is 0 Å². The van der Waals surface area contributed by atoms with Gasteiger partial charge in [0.2, 0.25) is 0 Å². The maximum absolute atomic E-state index is 10.9. The Bertz CT molecular complexity index is 25.6. The molecule has 0 spiro atoms. The normalized spacial score (nSPS) is 7.80. The molecule has 0 atom stereocenters. The average Bonchev–Trinajstić information content (AvgIpc) is 1.38. The molecular weight excluding hydrogens is 185 g/mol. The summed E-state index contributed by atoms with van der Waals surface area (Å²) in [6, 6.07) is 0. The van der Waals surface area contributed by atoms with Crippen molar-refractivity contribution in [2.75, 3.05) is 6.57 Å². The van der Waals surface area contributed by atoms with Crippen LogP contribution in [0.25, 0.3) is 0 Å². The summed E-state index contributed by atoms with van der Waals surface area (Å²) in [7, 11) is 0. The predicted octanol–water partition coefficient (Wildman–Crippen LogP) is 0.411. The smallest absolute Gasteiger partial charge is 0.395 e. The lowest BCUT2D eigenvalue weighted by Gasteiger charge is -1.77. The van der Waals surface area contributed by atoms with Crippen LogP contribution in [0.2, 0.25) is 0 Å². The molecule has 0 bridgehead atoms. The van der Waals surface area contributed by atoms with E-state index in [1.54, 1.807) is 22.4 Å². The summed E-state index contributed by atoms with van der Waals surface area (Å²) < 4.78 is 10.0. The van der Waals surface area contributed by atoms with Crippen molar-refractivity contribution in [3.8, 4) is 0 Å². The van der Waals surface area contributed by atoms with Gasteiger partial charge in [0.15, 0.2) is 0 Å². The summed E-state index contributed by atoms with van der Waals surface area (Å²) in [6.45, 7) is -0.652. The molecule has 0 aromatic carbocycles. The zero-order chi connectivity index (χ0) is 4.28. The van der Waals surface area contributed by atoms with Gasteiger partial charge in [0.25, 0.3) is 0 Å². The van der Waals surface area contributed by atoms with Crippen LogP contribution < -0.4 is 0 Å². The van der Waals surface area contributed by atoms with Crippen molar-refractivity contribution >= 4 is 27.1 Å². The molecule has 4 heteroatoms. The van der Waals surface area contributed by atoms with Crippen LogP contribution in [0.3, 0.4) is 0 Å². The minimum Gasteiger partial charge on any atom is -0.440 e. The van der Waals surface area contributed by atoms with E-state index in [1.165, 1.54) is 0 Å². The van der Waals surface area contributed by atoms with E-state index in [-0.39, 0.29) is 0 Å². The second kappa shape index (κ2) is 2.90. The van der Waals surface area contributed by atoms with Crippen molar-refractivity contribution in [2.45, 2.75) is 0 Å². The summed E-state index contributed by atoms with van der Waals surface area (Å²) in [6.07, 6.45) is 0. The monoisotopic (exact) mass is 188 g/mol. The fourth-order valence-electron chi connectivity index (χ4n) is 0. The molecule has 0 amide bonds. The SMILES string of the molecule is OB(I)CF. The summed E-state index contributed by atoms with van der Waals surface area (Å²) in [5, 5.41) is 7.97. The molecule has 0 aliphatic carbocycles. The highest BCUT2D eigenvalue weighted by Crippen LogP contribution is 1.86. The van der Waals surface area contributed by atoms with E-state index in [0.29, 0.717) is 0 Å².